The number of nitrogen functional groups attached to an aromatic ring is 1. The minimum atomic E-state index is -0.162. The van der Waals surface area contributed by atoms with Gasteiger partial charge in [-0.1, -0.05) is 53.7 Å². The van der Waals surface area contributed by atoms with E-state index in [-0.39, 0.29) is 17.6 Å². The molecule has 3 rings (SSSR count). The molecule has 144 valence electrons. The number of aryl methyl sites for hydroxylation is 1. The van der Waals surface area contributed by atoms with Crippen molar-refractivity contribution in [1.82, 2.24) is 14.9 Å². The maximum Gasteiger partial charge on any atom is 0.264 e. The van der Waals surface area contributed by atoms with Crippen LogP contribution >= 0.6 is 23.4 Å². The Morgan fingerprint density at radius 2 is 2.11 bits per heavy atom. The van der Waals surface area contributed by atoms with Gasteiger partial charge in [-0.25, -0.2) is 10.1 Å². The zero-order valence-electron chi connectivity index (χ0n) is 15.0. The van der Waals surface area contributed by atoms with Gasteiger partial charge in [0.15, 0.2) is 0 Å². The first-order valence-electron chi connectivity index (χ1n) is 8.26. The third kappa shape index (κ3) is 5.24. The number of anilines is 2. The lowest BCUT2D eigenvalue weighted by Gasteiger charge is -2.06. The highest BCUT2D eigenvalue weighted by Gasteiger charge is 2.12. The lowest BCUT2D eigenvalue weighted by atomic mass is 10.2. The number of amides is 1. The van der Waals surface area contributed by atoms with Crippen LogP contribution in [0.3, 0.4) is 0 Å². The second kappa shape index (κ2) is 9.25. The van der Waals surface area contributed by atoms with Crippen LogP contribution in [-0.4, -0.2) is 32.7 Å². The van der Waals surface area contributed by atoms with Gasteiger partial charge in [-0.05, 0) is 30.7 Å². The van der Waals surface area contributed by atoms with E-state index in [0.29, 0.717) is 10.2 Å². The molecule has 0 bridgehead atoms. The van der Waals surface area contributed by atoms with Gasteiger partial charge in [0.2, 0.25) is 11.1 Å². The molecule has 3 aromatic rings. The van der Waals surface area contributed by atoms with Crippen molar-refractivity contribution in [1.29, 1.82) is 0 Å². The summed E-state index contributed by atoms with van der Waals surface area (Å²) < 4.78 is 1.23. The largest absolute Gasteiger partial charge is 0.334 e. The number of nitrogens with two attached hydrogens (primary N) is 1. The molecule has 1 aromatic heterocycles. The molecule has 2 aromatic carbocycles. The average Bonchev–Trinajstić information content (AvgIpc) is 3.01. The Morgan fingerprint density at radius 1 is 1.29 bits per heavy atom. The number of thioether (sulfide) groups is 1. The summed E-state index contributed by atoms with van der Waals surface area (Å²) in [6, 6.07) is 14.9. The van der Waals surface area contributed by atoms with E-state index >= 15 is 0 Å². The number of carbonyl (C=O) groups is 1. The van der Waals surface area contributed by atoms with E-state index in [1.54, 1.807) is 12.3 Å². The topological polar surface area (TPSA) is 110 Å². The van der Waals surface area contributed by atoms with E-state index in [0.717, 1.165) is 16.8 Å². The van der Waals surface area contributed by atoms with Crippen LogP contribution in [-0.2, 0) is 4.79 Å². The van der Waals surface area contributed by atoms with Crippen molar-refractivity contribution >= 4 is 47.1 Å². The first-order valence-corrected chi connectivity index (χ1v) is 9.62. The number of nitrogens with zero attached hydrogens (tertiary/aromatic N) is 4. The molecular weight excluding hydrogens is 398 g/mol. The van der Waals surface area contributed by atoms with Gasteiger partial charge in [-0.3, -0.25) is 4.79 Å². The average molecular weight is 416 g/mol. The van der Waals surface area contributed by atoms with Gasteiger partial charge in [0, 0.05) is 16.3 Å². The molecule has 0 unspecified atom stereocenters. The summed E-state index contributed by atoms with van der Waals surface area (Å²) >= 11 is 7.23. The fourth-order valence-corrected chi connectivity index (χ4v) is 3.08. The Balaban J connectivity index is 1.54. The third-order valence-electron chi connectivity index (χ3n) is 3.57. The van der Waals surface area contributed by atoms with Crippen LogP contribution in [0.4, 0.5) is 11.6 Å². The van der Waals surface area contributed by atoms with E-state index in [4.69, 9.17) is 17.4 Å². The number of aromatic nitrogens is 3. The summed E-state index contributed by atoms with van der Waals surface area (Å²) in [4.78, 5) is 12.1. The Kier molecular flexibility index (Phi) is 6.51. The molecule has 0 aliphatic carbocycles. The summed E-state index contributed by atoms with van der Waals surface area (Å²) in [6.45, 7) is 1.96. The number of carbonyl (C=O) groups excluding carboxylic acids is 1. The van der Waals surface area contributed by atoms with Crippen LogP contribution in [0.1, 0.15) is 11.1 Å². The number of benzene rings is 2. The fourth-order valence-electron chi connectivity index (χ4n) is 2.24. The number of hydrogen-bond donors (Lipinski definition) is 3. The van der Waals surface area contributed by atoms with Crippen molar-refractivity contribution in [2.75, 3.05) is 22.3 Å². The molecule has 0 saturated carbocycles. The number of rotatable bonds is 7. The Morgan fingerprint density at radius 3 is 2.89 bits per heavy atom. The summed E-state index contributed by atoms with van der Waals surface area (Å²) in [6.07, 6.45) is 1.55. The van der Waals surface area contributed by atoms with Gasteiger partial charge in [0.1, 0.15) is 0 Å². The predicted octanol–water partition coefficient (Wildman–Crippen LogP) is 3.13. The van der Waals surface area contributed by atoms with E-state index in [2.05, 4.69) is 26.0 Å². The van der Waals surface area contributed by atoms with Crippen molar-refractivity contribution in [3.63, 3.8) is 0 Å². The highest BCUT2D eigenvalue weighted by Crippen LogP contribution is 2.18. The first-order chi connectivity index (χ1) is 13.5. The number of halogens is 1. The minimum absolute atomic E-state index is 0.145. The van der Waals surface area contributed by atoms with Crippen molar-refractivity contribution in [2.45, 2.75) is 12.1 Å². The van der Waals surface area contributed by atoms with Crippen LogP contribution in [0.2, 0.25) is 5.02 Å². The monoisotopic (exact) mass is 415 g/mol. The summed E-state index contributed by atoms with van der Waals surface area (Å²) in [5, 5.41) is 15.7. The van der Waals surface area contributed by atoms with E-state index in [1.165, 1.54) is 16.4 Å². The summed E-state index contributed by atoms with van der Waals surface area (Å²) in [5.41, 5.74) is 5.27. The van der Waals surface area contributed by atoms with Gasteiger partial charge in [-0.2, -0.15) is 5.10 Å². The van der Waals surface area contributed by atoms with E-state index in [9.17, 15) is 4.79 Å². The second-order valence-corrected chi connectivity index (χ2v) is 7.12. The molecular formula is C18H18ClN7OS. The number of hydrogen-bond acceptors (Lipinski definition) is 7. The van der Waals surface area contributed by atoms with Crippen molar-refractivity contribution in [3.05, 3.63) is 64.7 Å². The van der Waals surface area contributed by atoms with E-state index < -0.39 is 0 Å². The van der Waals surface area contributed by atoms with Crippen molar-refractivity contribution in [3.8, 4) is 0 Å². The predicted molar refractivity (Wildman–Crippen MR) is 113 cm³/mol. The molecule has 4 N–H and O–H groups in total. The van der Waals surface area contributed by atoms with Crippen LogP contribution in [0.5, 0.6) is 0 Å². The zero-order chi connectivity index (χ0) is 19.9. The van der Waals surface area contributed by atoms with Crippen LogP contribution < -0.4 is 16.6 Å². The second-order valence-electron chi connectivity index (χ2n) is 5.77. The molecule has 8 nitrogen and oxygen atoms in total. The van der Waals surface area contributed by atoms with Gasteiger partial charge in [0.25, 0.3) is 5.95 Å². The highest BCUT2D eigenvalue weighted by molar-refractivity contribution is 7.99. The quantitative estimate of drug-likeness (QED) is 0.236. The molecule has 28 heavy (non-hydrogen) atoms. The Bertz CT molecular complexity index is 1010. The molecule has 0 aliphatic heterocycles. The van der Waals surface area contributed by atoms with E-state index in [1.807, 2.05) is 49.4 Å². The lowest BCUT2D eigenvalue weighted by molar-refractivity contribution is -0.113. The van der Waals surface area contributed by atoms with Gasteiger partial charge >= 0.3 is 0 Å². The maximum atomic E-state index is 12.1. The zero-order valence-corrected chi connectivity index (χ0v) is 16.5. The molecule has 10 heteroatoms. The van der Waals surface area contributed by atoms with Gasteiger partial charge < -0.3 is 11.2 Å². The normalized spacial score (nSPS) is 10.9. The molecule has 0 atom stereocenters. The Hall–Kier alpha value is -3.04. The summed E-state index contributed by atoms with van der Waals surface area (Å²) in [5.74, 6) is 6.17. The maximum absolute atomic E-state index is 12.1. The fraction of sp³-hybridized carbons (Fsp3) is 0.111. The highest BCUT2D eigenvalue weighted by atomic mass is 35.5. The van der Waals surface area contributed by atoms with Gasteiger partial charge in [0.05, 0.1) is 12.0 Å². The van der Waals surface area contributed by atoms with Crippen LogP contribution in [0.25, 0.3) is 0 Å². The first kappa shape index (κ1) is 19.7. The number of nitrogens with one attached hydrogen (secondary N) is 2. The van der Waals surface area contributed by atoms with Crippen molar-refractivity contribution in [2.24, 2.45) is 5.10 Å². The number of hydrazone groups is 1. The molecule has 0 spiro atoms. The summed E-state index contributed by atoms with van der Waals surface area (Å²) in [7, 11) is 0. The molecule has 0 fully saturated rings. The molecule has 0 radical (unpaired) electrons. The third-order valence-corrected chi connectivity index (χ3v) is 4.86. The standard InChI is InChI=1S/C18H18ClN7OS/c1-12-5-4-7-14(9-12)22-16(27)11-28-18-25-24-17(26(18)20)23-21-10-13-6-2-3-8-15(13)19/h2-10H,11,20H2,1H3,(H,22,27)(H,23,24)/b21-10+. The smallest absolute Gasteiger partial charge is 0.264 e. The molecule has 0 saturated heterocycles. The SMILES string of the molecule is Cc1cccc(NC(=O)CSc2nnc(N/N=C/c3ccccc3Cl)n2N)c1. The molecule has 1 heterocycles. The Labute approximate surface area is 171 Å². The van der Waals surface area contributed by atoms with Crippen LogP contribution in [0, 0.1) is 6.92 Å². The van der Waals surface area contributed by atoms with Crippen molar-refractivity contribution < 1.29 is 4.79 Å². The van der Waals surface area contributed by atoms with Crippen LogP contribution in [0.15, 0.2) is 58.8 Å². The lowest BCUT2D eigenvalue weighted by Crippen LogP contribution is -2.16. The van der Waals surface area contributed by atoms with Gasteiger partial charge in [-0.15, -0.1) is 10.2 Å². The minimum Gasteiger partial charge on any atom is -0.334 e. The molecule has 0 aliphatic rings. The molecule has 1 amide bonds.